The Labute approximate surface area is 153 Å². The zero-order valence-electron chi connectivity index (χ0n) is 14.7. The number of benzene rings is 1. The summed E-state index contributed by atoms with van der Waals surface area (Å²) < 4.78 is 28.0. The molecule has 1 atom stereocenters. The summed E-state index contributed by atoms with van der Waals surface area (Å²) in [6.07, 6.45) is 1.98. The van der Waals surface area contributed by atoms with Crippen LogP contribution in [0.5, 0.6) is 0 Å². The Bertz CT molecular complexity index is 937. The Morgan fingerprint density at radius 3 is 2.85 bits per heavy atom. The van der Waals surface area contributed by atoms with Gasteiger partial charge in [0, 0.05) is 25.3 Å². The molecule has 1 aromatic carbocycles. The van der Waals surface area contributed by atoms with Crippen LogP contribution in [-0.4, -0.2) is 54.3 Å². The third kappa shape index (κ3) is 2.88. The van der Waals surface area contributed by atoms with E-state index in [2.05, 4.69) is 10.2 Å². The zero-order valence-corrected chi connectivity index (χ0v) is 15.5. The first kappa shape index (κ1) is 17.1. The van der Waals surface area contributed by atoms with Crippen molar-refractivity contribution in [3.05, 3.63) is 47.3 Å². The number of nitrogens with zero attached hydrogens (tertiary/aromatic N) is 3. The van der Waals surface area contributed by atoms with Crippen LogP contribution in [0, 0.1) is 6.92 Å². The fourth-order valence-corrected chi connectivity index (χ4v) is 5.80. The van der Waals surface area contributed by atoms with Crippen molar-refractivity contribution < 1.29 is 13.2 Å². The quantitative estimate of drug-likeness (QED) is 0.886. The van der Waals surface area contributed by atoms with E-state index >= 15 is 0 Å². The predicted octanol–water partition coefficient (Wildman–Crippen LogP) is 1.72. The van der Waals surface area contributed by atoms with E-state index in [4.69, 9.17) is 0 Å². The molecule has 1 amide bonds. The van der Waals surface area contributed by atoms with Crippen molar-refractivity contribution in [3.63, 3.8) is 0 Å². The number of amides is 1. The molecule has 3 heterocycles. The van der Waals surface area contributed by atoms with Gasteiger partial charge in [-0.2, -0.15) is 5.10 Å². The number of para-hydroxylation sites is 1. The summed E-state index contributed by atoms with van der Waals surface area (Å²) in [6.45, 7) is 3.09. The fourth-order valence-electron chi connectivity index (χ4n) is 3.81. The third-order valence-corrected chi connectivity index (χ3v) is 7.38. The van der Waals surface area contributed by atoms with Gasteiger partial charge in [-0.25, -0.2) is 8.42 Å². The van der Waals surface area contributed by atoms with Gasteiger partial charge in [-0.15, -0.1) is 0 Å². The minimum atomic E-state index is -3.51. The molecular formula is C18H22N4O3S. The maximum atomic E-state index is 13.2. The average molecular weight is 374 g/mol. The van der Waals surface area contributed by atoms with Gasteiger partial charge in [0.05, 0.1) is 10.9 Å². The standard InChI is InChI=1S/C18H22N4O3S/c1-13-11-16(20-19-13)18(23)21-9-4-6-15(12-21)26(24,25)22-10-8-14-5-2-3-7-17(14)22/h2-3,5,7,11,15H,4,6,8-10,12H2,1H3,(H,19,20)/t15-/m1/s1. The van der Waals surface area contributed by atoms with Gasteiger partial charge in [-0.1, -0.05) is 18.2 Å². The highest BCUT2D eigenvalue weighted by Gasteiger charge is 2.39. The first-order valence-corrected chi connectivity index (χ1v) is 10.4. The van der Waals surface area contributed by atoms with Gasteiger partial charge in [0.15, 0.2) is 0 Å². The molecule has 2 aromatic rings. The number of fused-ring (bicyclic) bond motifs is 1. The number of rotatable bonds is 3. The maximum absolute atomic E-state index is 13.2. The largest absolute Gasteiger partial charge is 0.336 e. The Morgan fingerprint density at radius 1 is 1.27 bits per heavy atom. The van der Waals surface area contributed by atoms with E-state index in [1.807, 2.05) is 31.2 Å². The lowest BCUT2D eigenvalue weighted by atomic mass is 10.1. The lowest BCUT2D eigenvalue weighted by Crippen LogP contribution is -2.49. The van der Waals surface area contributed by atoms with E-state index in [0.717, 1.165) is 23.4 Å². The highest BCUT2D eigenvalue weighted by atomic mass is 32.2. The van der Waals surface area contributed by atoms with Crippen LogP contribution in [0.3, 0.4) is 0 Å². The maximum Gasteiger partial charge on any atom is 0.274 e. The third-order valence-electron chi connectivity index (χ3n) is 5.16. The van der Waals surface area contributed by atoms with E-state index in [1.165, 1.54) is 4.31 Å². The van der Waals surface area contributed by atoms with Crippen molar-refractivity contribution in [1.82, 2.24) is 15.1 Å². The summed E-state index contributed by atoms with van der Waals surface area (Å²) in [4.78, 5) is 14.3. The molecule has 0 aliphatic carbocycles. The summed E-state index contributed by atoms with van der Waals surface area (Å²) in [5.74, 6) is -0.212. The molecule has 2 aliphatic rings. The van der Waals surface area contributed by atoms with Crippen LogP contribution in [0.15, 0.2) is 30.3 Å². The van der Waals surface area contributed by atoms with Gasteiger partial charge in [0.25, 0.3) is 5.91 Å². The fraction of sp³-hybridized carbons (Fsp3) is 0.444. The monoisotopic (exact) mass is 374 g/mol. The second-order valence-corrected chi connectivity index (χ2v) is 9.08. The smallest absolute Gasteiger partial charge is 0.274 e. The van der Waals surface area contributed by atoms with Crippen LogP contribution in [0.4, 0.5) is 5.69 Å². The van der Waals surface area contributed by atoms with Gasteiger partial charge in [-0.05, 0) is 43.9 Å². The Hall–Kier alpha value is -2.35. The highest BCUT2D eigenvalue weighted by molar-refractivity contribution is 7.93. The number of H-pyrrole nitrogens is 1. The molecule has 0 bridgehead atoms. The zero-order chi connectivity index (χ0) is 18.3. The van der Waals surface area contributed by atoms with Crippen molar-refractivity contribution >= 4 is 21.6 Å². The summed E-state index contributed by atoms with van der Waals surface area (Å²) in [7, 11) is -3.51. The van der Waals surface area contributed by atoms with Crippen molar-refractivity contribution in [2.45, 2.75) is 31.4 Å². The first-order valence-electron chi connectivity index (χ1n) is 8.87. The number of hydrogen-bond acceptors (Lipinski definition) is 4. The van der Waals surface area contributed by atoms with E-state index in [0.29, 0.717) is 31.6 Å². The number of nitrogens with one attached hydrogen (secondary N) is 1. The molecule has 1 aromatic heterocycles. The number of aromatic nitrogens is 2. The lowest BCUT2D eigenvalue weighted by molar-refractivity contribution is 0.0721. The SMILES string of the molecule is Cc1cc(C(=O)N2CCC[C@@H](S(=O)(=O)N3CCc4ccccc43)C2)n[nH]1. The van der Waals surface area contributed by atoms with Crippen LogP contribution >= 0.6 is 0 Å². The predicted molar refractivity (Wildman–Crippen MR) is 98.7 cm³/mol. The van der Waals surface area contributed by atoms with Crippen LogP contribution < -0.4 is 4.31 Å². The van der Waals surface area contributed by atoms with Crippen molar-refractivity contribution in [2.24, 2.45) is 0 Å². The van der Waals surface area contributed by atoms with Crippen LogP contribution in [0.1, 0.15) is 34.6 Å². The number of sulfonamides is 1. The second-order valence-electron chi connectivity index (χ2n) is 6.95. The van der Waals surface area contributed by atoms with Crippen molar-refractivity contribution in [2.75, 3.05) is 23.9 Å². The molecule has 2 aliphatic heterocycles. The summed E-state index contributed by atoms with van der Waals surface area (Å²) in [5.41, 5.74) is 2.99. The molecular weight excluding hydrogens is 352 g/mol. The number of piperidine rings is 1. The molecule has 26 heavy (non-hydrogen) atoms. The summed E-state index contributed by atoms with van der Waals surface area (Å²) >= 11 is 0. The van der Waals surface area contributed by atoms with Crippen LogP contribution in [0.25, 0.3) is 0 Å². The van der Waals surface area contributed by atoms with E-state index in [9.17, 15) is 13.2 Å². The molecule has 0 unspecified atom stereocenters. The second kappa shape index (κ2) is 6.42. The minimum absolute atomic E-state index is 0.212. The molecule has 8 heteroatoms. The molecule has 1 fully saturated rings. The normalized spacial score (nSPS) is 20.3. The van der Waals surface area contributed by atoms with Crippen LogP contribution in [0.2, 0.25) is 0 Å². The first-order chi connectivity index (χ1) is 12.5. The topological polar surface area (TPSA) is 86.4 Å². The molecule has 0 spiro atoms. The van der Waals surface area contributed by atoms with Gasteiger partial charge in [-0.3, -0.25) is 14.2 Å². The minimum Gasteiger partial charge on any atom is -0.336 e. The van der Waals surface area contributed by atoms with Gasteiger partial charge in [0.1, 0.15) is 5.69 Å². The molecule has 7 nitrogen and oxygen atoms in total. The van der Waals surface area contributed by atoms with Gasteiger partial charge < -0.3 is 4.90 Å². The highest BCUT2D eigenvalue weighted by Crippen LogP contribution is 2.33. The number of anilines is 1. The Kier molecular flexibility index (Phi) is 4.22. The summed E-state index contributed by atoms with van der Waals surface area (Å²) in [5, 5.41) is 6.19. The number of carbonyl (C=O) groups excluding carboxylic acids is 1. The van der Waals surface area contributed by atoms with Crippen molar-refractivity contribution in [3.8, 4) is 0 Å². The number of carbonyl (C=O) groups is 1. The van der Waals surface area contributed by atoms with Gasteiger partial charge >= 0.3 is 0 Å². The number of hydrogen-bond donors (Lipinski definition) is 1. The molecule has 0 saturated carbocycles. The Balaban J connectivity index is 1.55. The molecule has 4 rings (SSSR count). The number of likely N-dealkylation sites (tertiary alicyclic amines) is 1. The van der Waals surface area contributed by atoms with Crippen molar-refractivity contribution in [1.29, 1.82) is 0 Å². The number of aromatic amines is 1. The Morgan fingerprint density at radius 2 is 2.08 bits per heavy atom. The molecule has 138 valence electrons. The van der Waals surface area contributed by atoms with E-state index in [1.54, 1.807) is 11.0 Å². The van der Waals surface area contributed by atoms with E-state index in [-0.39, 0.29) is 12.5 Å². The van der Waals surface area contributed by atoms with Gasteiger partial charge in [0.2, 0.25) is 10.0 Å². The average Bonchev–Trinajstić information content (AvgIpc) is 3.28. The molecule has 1 N–H and O–H groups in total. The lowest BCUT2D eigenvalue weighted by Gasteiger charge is -2.34. The molecule has 0 radical (unpaired) electrons. The number of aryl methyl sites for hydroxylation is 1. The molecule has 1 saturated heterocycles. The summed E-state index contributed by atoms with van der Waals surface area (Å²) in [6, 6.07) is 9.32. The van der Waals surface area contributed by atoms with Crippen LogP contribution in [-0.2, 0) is 16.4 Å². The van der Waals surface area contributed by atoms with E-state index < -0.39 is 15.3 Å².